The molecule has 4 rings (SSSR count). The van der Waals surface area contributed by atoms with Crippen molar-refractivity contribution >= 4 is 5.97 Å². The molecule has 4 fully saturated rings. The van der Waals surface area contributed by atoms with Crippen molar-refractivity contribution in [2.45, 2.75) is 97.4 Å². The Morgan fingerprint density at radius 2 is 1.91 bits per heavy atom. The topological polar surface area (TPSA) is 66.8 Å². The number of carbonyl (C=O) groups is 1. The number of rotatable bonds is 4. The molecule has 33 heavy (non-hydrogen) atoms. The smallest absolute Gasteiger partial charge is 0.334 e. The van der Waals surface area contributed by atoms with E-state index in [-0.39, 0.29) is 22.9 Å². The summed E-state index contributed by atoms with van der Waals surface area (Å²) >= 11 is 0. The summed E-state index contributed by atoms with van der Waals surface area (Å²) in [5.41, 5.74) is 3.80. The van der Waals surface area contributed by atoms with E-state index in [4.69, 9.17) is 4.74 Å². The lowest BCUT2D eigenvalue weighted by atomic mass is 9.60. The van der Waals surface area contributed by atoms with Crippen LogP contribution in [0.4, 0.5) is 0 Å². The average Bonchev–Trinajstić information content (AvgIpc) is 3.19. The van der Waals surface area contributed by atoms with Crippen molar-refractivity contribution in [2.24, 2.45) is 28.6 Å². The zero-order valence-corrected chi connectivity index (χ0v) is 20.9. The Morgan fingerprint density at radius 3 is 2.58 bits per heavy atom. The highest BCUT2D eigenvalue weighted by molar-refractivity contribution is 5.91. The standard InChI is InChI=1S/C29H42O4/c1-17(14-26-28(4,5)19(3)27(32)33-26)23-11-12-24-20(8-7-13-29(23,24)6)9-10-21-15-22(30)16-25(31)18(21)2/h9-10,17,22-26,30-31H,2-3,7-8,11-16H2,1,4-6H3/t17-,22-,23-,24+,25+,26+,29-/m1/s1. The number of carbonyl (C=O) groups excluding carboxylic acids is 1. The molecule has 1 heterocycles. The van der Waals surface area contributed by atoms with Crippen LogP contribution in [0, 0.1) is 28.6 Å². The van der Waals surface area contributed by atoms with E-state index in [9.17, 15) is 15.0 Å². The van der Waals surface area contributed by atoms with Crippen LogP contribution in [0.1, 0.15) is 79.1 Å². The number of aliphatic hydroxyl groups excluding tert-OH is 2. The molecule has 1 saturated heterocycles. The van der Waals surface area contributed by atoms with Gasteiger partial charge in [0.1, 0.15) is 6.10 Å². The summed E-state index contributed by atoms with van der Waals surface area (Å²) in [4.78, 5) is 12.1. The largest absolute Gasteiger partial charge is 0.458 e. The fraction of sp³-hybridized carbons (Fsp3) is 0.690. The van der Waals surface area contributed by atoms with Crippen molar-refractivity contribution < 1.29 is 19.7 Å². The number of esters is 1. The minimum Gasteiger partial charge on any atom is -0.458 e. The Balaban J connectivity index is 1.50. The van der Waals surface area contributed by atoms with Crippen LogP contribution >= 0.6 is 0 Å². The maximum absolute atomic E-state index is 12.1. The third-order valence-electron chi connectivity index (χ3n) is 9.65. The first-order valence-electron chi connectivity index (χ1n) is 12.8. The van der Waals surface area contributed by atoms with Crippen LogP contribution in [0.15, 0.2) is 47.6 Å². The Labute approximate surface area is 199 Å². The van der Waals surface area contributed by atoms with Gasteiger partial charge in [0.05, 0.1) is 12.2 Å². The second kappa shape index (κ2) is 8.85. The van der Waals surface area contributed by atoms with Crippen molar-refractivity contribution in [3.63, 3.8) is 0 Å². The molecule has 2 N–H and O–H groups in total. The summed E-state index contributed by atoms with van der Waals surface area (Å²) in [6.45, 7) is 17.0. The molecule has 3 saturated carbocycles. The lowest BCUT2D eigenvalue weighted by molar-refractivity contribution is -0.140. The highest BCUT2D eigenvalue weighted by atomic mass is 16.6. The van der Waals surface area contributed by atoms with E-state index >= 15 is 0 Å². The molecule has 0 aromatic heterocycles. The Morgan fingerprint density at radius 1 is 1.18 bits per heavy atom. The van der Waals surface area contributed by atoms with Crippen molar-refractivity contribution in [1.29, 1.82) is 0 Å². The first kappa shape index (κ1) is 24.5. The van der Waals surface area contributed by atoms with Crippen LogP contribution in [0.25, 0.3) is 0 Å². The number of hydrogen-bond donors (Lipinski definition) is 2. The monoisotopic (exact) mass is 454 g/mol. The molecule has 0 unspecified atom stereocenters. The van der Waals surface area contributed by atoms with Gasteiger partial charge in [0, 0.05) is 17.4 Å². The van der Waals surface area contributed by atoms with Crippen LogP contribution in [0.3, 0.4) is 0 Å². The van der Waals surface area contributed by atoms with Crippen LogP contribution in [0.2, 0.25) is 0 Å². The van der Waals surface area contributed by atoms with E-state index < -0.39 is 12.2 Å². The molecule has 4 aliphatic rings. The molecule has 1 aliphatic heterocycles. The van der Waals surface area contributed by atoms with Gasteiger partial charge in [-0.15, -0.1) is 0 Å². The predicted octanol–water partition coefficient (Wildman–Crippen LogP) is 5.66. The molecule has 0 aromatic rings. The zero-order chi connectivity index (χ0) is 24.1. The fourth-order valence-electron chi connectivity index (χ4n) is 7.33. The lowest BCUT2D eigenvalue weighted by Crippen LogP contribution is -2.38. The third-order valence-corrected chi connectivity index (χ3v) is 9.65. The summed E-state index contributed by atoms with van der Waals surface area (Å²) in [6.07, 6.45) is 11.0. The number of allylic oxidation sites excluding steroid dienone is 3. The quantitative estimate of drug-likeness (QED) is 0.425. The van der Waals surface area contributed by atoms with E-state index in [0.29, 0.717) is 36.2 Å². The SMILES string of the molecule is C=C1C(=CC=C2CCC[C@]3(C)[C@@H]([C@H](C)C[C@@H]4OC(=O)C(=C)C4(C)C)CC[C@@H]23)C[C@@H](O)C[C@@H]1O. The maximum Gasteiger partial charge on any atom is 0.334 e. The predicted molar refractivity (Wildman–Crippen MR) is 131 cm³/mol. The molecule has 0 amide bonds. The molecule has 0 bridgehead atoms. The molecule has 3 aliphatic carbocycles. The number of aliphatic hydroxyl groups is 2. The Kier molecular flexibility index (Phi) is 6.56. The van der Waals surface area contributed by atoms with Crippen molar-refractivity contribution in [3.05, 3.63) is 47.6 Å². The summed E-state index contributed by atoms with van der Waals surface area (Å²) < 4.78 is 5.74. The summed E-state index contributed by atoms with van der Waals surface area (Å²) in [7, 11) is 0. The molecule has 7 atom stereocenters. The van der Waals surface area contributed by atoms with Crippen LogP contribution in [0.5, 0.6) is 0 Å². The molecular weight excluding hydrogens is 412 g/mol. The molecule has 4 heteroatoms. The van der Waals surface area contributed by atoms with Gasteiger partial charge in [-0.25, -0.2) is 4.79 Å². The van der Waals surface area contributed by atoms with E-state index in [1.54, 1.807) is 0 Å². The number of ether oxygens (including phenoxy) is 1. The number of cyclic esters (lactones) is 1. The van der Waals surface area contributed by atoms with Gasteiger partial charge < -0.3 is 14.9 Å². The van der Waals surface area contributed by atoms with Crippen molar-refractivity contribution in [1.82, 2.24) is 0 Å². The highest BCUT2D eigenvalue weighted by Crippen LogP contribution is 2.60. The van der Waals surface area contributed by atoms with Gasteiger partial charge in [0.2, 0.25) is 0 Å². The number of fused-ring (bicyclic) bond motifs is 1. The highest BCUT2D eigenvalue weighted by Gasteiger charge is 2.53. The fourth-order valence-corrected chi connectivity index (χ4v) is 7.33. The summed E-state index contributed by atoms with van der Waals surface area (Å²) in [5, 5.41) is 20.3. The average molecular weight is 455 g/mol. The van der Waals surface area contributed by atoms with Gasteiger partial charge in [0.25, 0.3) is 0 Å². The van der Waals surface area contributed by atoms with Crippen LogP contribution in [-0.4, -0.2) is 34.5 Å². The van der Waals surface area contributed by atoms with Gasteiger partial charge in [-0.2, -0.15) is 0 Å². The molecule has 0 spiro atoms. The van der Waals surface area contributed by atoms with Gasteiger partial charge in [-0.1, -0.05) is 58.6 Å². The van der Waals surface area contributed by atoms with Gasteiger partial charge in [-0.3, -0.25) is 0 Å². The van der Waals surface area contributed by atoms with E-state index in [1.165, 1.54) is 31.3 Å². The van der Waals surface area contributed by atoms with Crippen LogP contribution in [-0.2, 0) is 9.53 Å². The molecule has 182 valence electrons. The second-order valence-corrected chi connectivity index (χ2v) is 12.0. The number of hydrogen-bond acceptors (Lipinski definition) is 4. The normalized spacial score (nSPS) is 42.0. The minimum atomic E-state index is -0.642. The first-order chi connectivity index (χ1) is 15.4. The minimum absolute atomic E-state index is 0.0892. The first-order valence-corrected chi connectivity index (χ1v) is 12.8. The Bertz CT molecular complexity index is 893. The zero-order valence-electron chi connectivity index (χ0n) is 20.9. The Hall–Kier alpha value is -1.65. The summed E-state index contributed by atoms with van der Waals surface area (Å²) in [5.74, 6) is 1.42. The lowest BCUT2D eigenvalue weighted by Gasteiger charge is -2.45. The van der Waals surface area contributed by atoms with Crippen molar-refractivity contribution in [2.75, 3.05) is 0 Å². The molecular formula is C29H42O4. The van der Waals surface area contributed by atoms with Crippen molar-refractivity contribution in [3.8, 4) is 0 Å². The summed E-state index contributed by atoms with van der Waals surface area (Å²) in [6, 6.07) is 0. The second-order valence-electron chi connectivity index (χ2n) is 12.0. The van der Waals surface area contributed by atoms with Crippen LogP contribution < -0.4 is 0 Å². The van der Waals surface area contributed by atoms with E-state index in [2.05, 4.69) is 53.0 Å². The van der Waals surface area contributed by atoms with Gasteiger partial charge in [-0.05, 0) is 79.3 Å². The molecule has 0 aromatic carbocycles. The third kappa shape index (κ3) is 4.30. The molecule has 0 radical (unpaired) electrons. The van der Waals surface area contributed by atoms with Gasteiger partial charge >= 0.3 is 5.97 Å². The molecule has 4 nitrogen and oxygen atoms in total. The van der Waals surface area contributed by atoms with E-state index in [0.717, 1.165) is 24.0 Å². The maximum atomic E-state index is 12.1. The van der Waals surface area contributed by atoms with E-state index in [1.807, 2.05) is 0 Å². The van der Waals surface area contributed by atoms with Gasteiger partial charge in [0.15, 0.2) is 0 Å².